The van der Waals surface area contributed by atoms with Crippen molar-refractivity contribution in [2.75, 3.05) is 20.2 Å². The van der Waals surface area contributed by atoms with Gasteiger partial charge in [0.2, 0.25) is 0 Å². The second-order valence-electron chi connectivity index (χ2n) is 6.10. The van der Waals surface area contributed by atoms with Crippen LogP contribution in [0.1, 0.15) is 17.7 Å². The molecule has 1 saturated heterocycles. The Morgan fingerprint density at radius 3 is 2.65 bits per heavy atom. The molecule has 1 aliphatic heterocycles. The highest BCUT2D eigenvalue weighted by Crippen LogP contribution is 2.28. The van der Waals surface area contributed by atoms with E-state index in [0.29, 0.717) is 26.1 Å². The second-order valence-corrected chi connectivity index (χ2v) is 6.10. The van der Waals surface area contributed by atoms with Gasteiger partial charge in [0.1, 0.15) is 11.5 Å². The van der Waals surface area contributed by atoms with Crippen LogP contribution in [-0.2, 0) is 16.1 Å². The molecular formula is C18H21NO4. The van der Waals surface area contributed by atoms with E-state index < -0.39 is 11.6 Å². The van der Waals surface area contributed by atoms with Crippen molar-refractivity contribution in [2.45, 2.75) is 25.5 Å². The van der Waals surface area contributed by atoms with Crippen LogP contribution in [-0.4, -0.2) is 41.8 Å². The number of methoxy groups -OCH3 is 1. The molecule has 0 saturated carbocycles. The number of aliphatic carboxylic acids is 1. The lowest BCUT2D eigenvalue weighted by atomic mass is 10.0. The van der Waals surface area contributed by atoms with Gasteiger partial charge >= 0.3 is 5.97 Å². The molecule has 5 nitrogen and oxygen atoms in total. The zero-order valence-electron chi connectivity index (χ0n) is 13.4. The summed E-state index contributed by atoms with van der Waals surface area (Å²) in [6.07, 6.45) is 0.490. The van der Waals surface area contributed by atoms with Gasteiger partial charge in [0.25, 0.3) is 0 Å². The number of carboxylic acids is 1. The van der Waals surface area contributed by atoms with E-state index in [2.05, 4.69) is 24.0 Å². The van der Waals surface area contributed by atoms with Gasteiger partial charge in [-0.25, -0.2) is 4.79 Å². The summed E-state index contributed by atoms with van der Waals surface area (Å²) in [5.41, 5.74) is 1.16. The molecule has 0 radical (unpaired) electrons. The maximum Gasteiger partial charge on any atom is 0.337 e. The van der Waals surface area contributed by atoms with Crippen LogP contribution in [0.4, 0.5) is 0 Å². The Labute approximate surface area is 135 Å². The Morgan fingerprint density at radius 2 is 2.04 bits per heavy atom. The minimum atomic E-state index is -1.09. The molecule has 1 N–H and O–H groups in total. The monoisotopic (exact) mass is 315 g/mol. The van der Waals surface area contributed by atoms with E-state index in [4.69, 9.17) is 9.15 Å². The lowest BCUT2D eigenvalue weighted by Gasteiger charge is -2.22. The van der Waals surface area contributed by atoms with Crippen LogP contribution in [0.25, 0.3) is 11.3 Å². The highest BCUT2D eigenvalue weighted by atomic mass is 16.5. The van der Waals surface area contributed by atoms with Crippen molar-refractivity contribution in [1.29, 1.82) is 0 Å². The predicted octanol–water partition coefficient (Wildman–Crippen LogP) is 2.93. The van der Waals surface area contributed by atoms with Crippen molar-refractivity contribution in [3.8, 4) is 11.3 Å². The zero-order chi connectivity index (χ0) is 16.4. The Morgan fingerprint density at radius 1 is 1.30 bits per heavy atom. The number of rotatable bonds is 5. The molecule has 1 atom stereocenters. The quantitative estimate of drug-likeness (QED) is 0.919. The predicted molar refractivity (Wildman–Crippen MR) is 86.2 cm³/mol. The van der Waals surface area contributed by atoms with Gasteiger partial charge in [0.05, 0.1) is 6.54 Å². The third kappa shape index (κ3) is 3.16. The lowest BCUT2D eigenvalue weighted by molar-refractivity contribution is -0.160. The van der Waals surface area contributed by atoms with Gasteiger partial charge in [-0.3, -0.25) is 4.90 Å². The number of ether oxygens (including phenoxy) is 1. The molecule has 2 aromatic rings. The average Bonchev–Trinajstić information content (AvgIpc) is 3.16. The van der Waals surface area contributed by atoms with Gasteiger partial charge in [-0.2, -0.15) is 0 Å². The molecule has 0 aliphatic carbocycles. The Bertz CT molecular complexity index is 691. The van der Waals surface area contributed by atoms with Crippen molar-refractivity contribution < 1.29 is 19.1 Å². The number of aryl methyl sites for hydroxylation is 1. The first kappa shape index (κ1) is 15.8. The van der Waals surface area contributed by atoms with Crippen molar-refractivity contribution in [3.05, 3.63) is 47.7 Å². The Kier molecular flexibility index (Phi) is 4.24. The van der Waals surface area contributed by atoms with E-state index in [1.165, 1.54) is 12.7 Å². The van der Waals surface area contributed by atoms with Crippen LogP contribution in [0.3, 0.4) is 0 Å². The second kappa shape index (κ2) is 6.18. The third-order valence-corrected chi connectivity index (χ3v) is 4.47. The molecule has 23 heavy (non-hydrogen) atoms. The maximum atomic E-state index is 11.4. The summed E-state index contributed by atoms with van der Waals surface area (Å²) in [6, 6.07) is 12.1. The molecule has 0 bridgehead atoms. The van der Waals surface area contributed by atoms with E-state index in [1.54, 1.807) is 0 Å². The summed E-state index contributed by atoms with van der Waals surface area (Å²) >= 11 is 0. The topological polar surface area (TPSA) is 62.9 Å². The number of furan rings is 1. The largest absolute Gasteiger partial charge is 0.479 e. The van der Waals surface area contributed by atoms with Crippen molar-refractivity contribution in [1.82, 2.24) is 4.90 Å². The van der Waals surface area contributed by atoms with Crippen LogP contribution in [0, 0.1) is 6.92 Å². The van der Waals surface area contributed by atoms with E-state index >= 15 is 0 Å². The molecule has 1 fully saturated rings. The van der Waals surface area contributed by atoms with Gasteiger partial charge in [0.15, 0.2) is 5.60 Å². The molecular weight excluding hydrogens is 294 g/mol. The number of carbonyl (C=O) groups is 1. The highest BCUT2D eigenvalue weighted by Gasteiger charge is 2.45. The zero-order valence-corrected chi connectivity index (χ0v) is 13.4. The first-order valence-corrected chi connectivity index (χ1v) is 7.69. The molecule has 1 aromatic heterocycles. The molecule has 0 spiro atoms. The molecule has 122 valence electrons. The van der Waals surface area contributed by atoms with Crippen molar-refractivity contribution in [3.63, 3.8) is 0 Å². The van der Waals surface area contributed by atoms with Gasteiger partial charge in [-0.05, 0) is 19.1 Å². The van der Waals surface area contributed by atoms with Gasteiger partial charge < -0.3 is 14.3 Å². The molecule has 1 aromatic carbocycles. The number of benzene rings is 1. The molecule has 5 heteroatoms. The van der Waals surface area contributed by atoms with Crippen LogP contribution >= 0.6 is 0 Å². The highest BCUT2D eigenvalue weighted by molar-refractivity contribution is 5.78. The van der Waals surface area contributed by atoms with Gasteiger partial charge in [-0.1, -0.05) is 29.8 Å². The van der Waals surface area contributed by atoms with E-state index in [9.17, 15) is 9.90 Å². The molecule has 2 heterocycles. The fourth-order valence-electron chi connectivity index (χ4n) is 2.98. The number of carboxylic acid groups (broad SMARTS) is 1. The molecule has 0 amide bonds. The van der Waals surface area contributed by atoms with E-state index in [0.717, 1.165) is 17.1 Å². The molecule has 1 unspecified atom stereocenters. The SMILES string of the molecule is COC1(C(=O)O)CCN(Cc2ccc(-c3ccc(C)cc3)o2)C1. The molecule has 1 aliphatic rings. The lowest BCUT2D eigenvalue weighted by Crippen LogP contribution is -2.43. The number of hydrogen-bond acceptors (Lipinski definition) is 4. The maximum absolute atomic E-state index is 11.4. The van der Waals surface area contributed by atoms with Crippen LogP contribution in [0.2, 0.25) is 0 Å². The van der Waals surface area contributed by atoms with Crippen molar-refractivity contribution in [2.24, 2.45) is 0 Å². The van der Waals surface area contributed by atoms with Gasteiger partial charge in [-0.15, -0.1) is 0 Å². The summed E-state index contributed by atoms with van der Waals surface area (Å²) in [6.45, 7) is 3.69. The fraction of sp³-hybridized carbons (Fsp3) is 0.389. The van der Waals surface area contributed by atoms with E-state index in [-0.39, 0.29) is 0 Å². The number of hydrogen-bond donors (Lipinski definition) is 1. The summed E-state index contributed by atoms with van der Waals surface area (Å²) in [7, 11) is 1.46. The smallest absolute Gasteiger partial charge is 0.337 e. The fourth-order valence-corrected chi connectivity index (χ4v) is 2.98. The first-order valence-electron chi connectivity index (χ1n) is 7.69. The Balaban J connectivity index is 1.68. The van der Waals surface area contributed by atoms with Gasteiger partial charge in [0, 0.05) is 32.2 Å². The summed E-state index contributed by atoms with van der Waals surface area (Å²) in [5, 5.41) is 9.35. The summed E-state index contributed by atoms with van der Waals surface area (Å²) < 4.78 is 11.1. The van der Waals surface area contributed by atoms with Crippen LogP contribution in [0.15, 0.2) is 40.8 Å². The minimum Gasteiger partial charge on any atom is -0.479 e. The minimum absolute atomic E-state index is 0.374. The molecule has 3 rings (SSSR count). The number of likely N-dealkylation sites (tertiary alicyclic amines) is 1. The number of nitrogens with zero attached hydrogens (tertiary/aromatic N) is 1. The van der Waals surface area contributed by atoms with Crippen molar-refractivity contribution >= 4 is 5.97 Å². The average molecular weight is 315 g/mol. The van der Waals surface area contributed by atoms with Crippen LogP contribution in [0.5, 0.6) is 0 Å². The first-order chi connectivity index (χ1) is 11.0. The summed E-state index contributed by atoms with van der Waals surface area (Å²) in [5.74, 6) is 0.760. The standard InChI is InChI=1S/C18H21NO4/c1-13-3-5-14(6-4-13)16-8-7-15(23-16)11-19-10-9-18(12-19,22-2)17(20)21/h3-8H,9-12H2,1-2H3,(H,20,21). The third-order valence-electron chi connectivity index (χ3n) is 4.47. The normalized spacial score (nSPS) is 21.7. The van der Waals surface area contributed by atoms with Crippen LogP contribution < -0.4 is 0 Å². The van der Waals surface area contributed by atoms with E-state index in [1.807, 2.05) is 24.3 Å². The summed E-state index contributed by atoms with van der Waals surface area (Å²) in [4.78, 5) is 13.4. The Hall–Kier alpha value is -2.11.